The zero-order valence-corrected chi connectivity index (χ0v) is 11.4. The molecule has 0 bridgehead atoms. The van der Waals surface area contributed by atoms with Gasteiger partial charge in [-0.25, -0.2) is 13.2 Å². The molecule has 0 saturated carbocycles. The van der Waals surface area contributed by atoms with E-state index in [2.05, 4.69) is 0 Å². The molecule has 0 saturated heterocycles. The second kappa shape index (κ2) is 5.90. The van der Waals surface area contributed by atoms with Gasteiger partial charge in [0.25, 0.3) is 0 Å². The van der Waals surface area contributed by atoms with Gasteiger partial charge in [0.1, 0.15) is 12.3 Å². The molecule has 0 aromatic carbocycles. The lowest BCUT2D eigenvalue weighted by Gasteiger charge is -2.06. The Morgan fingerprint density at radius 2 is 2.11 bits per heavy atom. The number of aromatic nitrogens is 1. The molecule has 0 aliphatic heterocycles. The standard InChI is InChI=1S/C11H18N2O4S/c1-3-13-8-9(12)7-10(13)11(14)17-5-6-18(15,16)4-2/h7-8H,3-6,12H2,1-2H3. The van der Waals surface area contributed by atoms with Crippen LogP contribution >= 0.6 is 0 Å². The van der Waals surface area contributed by atoms with Crippen molar-refractivity contribution in [1.29, 1.82) is 0 Å². The van der Waals surface area contributed by atoms with Crippen LogP contribution in [0, 0.1) is 0 Å². The largest absolute Gasteiger partial charge is 0.460 e. The van der Waals surface area contributed by atoms with Gasteiger partial charge in [-0.05, 0) is 13.0 Å². The Kier molecular flexibility index (Phi) is 4.77. The first-order valence-electron chi connectivity index (χ1n) is 5.72. The number of nitrogen functional groups attached to an aromatic ring is 1. The highest BCUT2D eigenvalue weighted by Crippen LogP contribution is 2.11. The fourth-order valence-corrected chi connectivity index (χ4v) is 2.07. The van der Waals surface area contributed by atoms with E-state index in [9.17, 15) is 13.2 Å². The van der Waals surface area contributed by atoms with Crippen molar-refractivity contribution in [2.24, 2.45) is 0 Å². The third-order valence-corrected chi connectivity index (χ3v) is 4.20. The summed E-state index contributed by atoms with van der Waals surface area (Å²) < 4.78 is 29.0. The van der Waals surface area contributed by atoms with Crippen molar-refractivity contribution >= 4 is 21.5 Å². The van der Waals surface area contributed by atoms with Gasteiger partial charge in [0.15, 0.2) is 9.84 Å². The maximum atomic E-state index is 11.7. The lowest BCUT2D eigenvalue weighted by atomic mass is 10.4. The molecule has 1 aromatic rings. The van der Waals surface area contributed by atoms with Crippen molar-refractivity contribution in [3.63, 3.8) is 0 Å². The maximum Gasteiger partial charge on any atom is 0.355 e. The number of hydrogen-bond donors (Lipinski definition) is 1. The minimum atomic E-state index is -3.12. The molecule has 0 fully saturated rings. The summed E-state index contributed by atoms with van der Waals surface area (Å²) in [5.74, 6) is -0.666. The number of aryl methyl sites for hydroxylation is 1. The van der Waals surface area contributed by atoms with Crippen LogP contribution in [0.4, 0.5) is 5.69 Å². The second-order valence-electron chi connectivity index (χ2n) is 3.82. The number of nitrogens with zero attached hydrogens (tertiary/aromatic N) is 1. The van der Waals surface area contributed by atoms with Crippen LogP contribution in [-0.2, 0) is 21.1 Å². The van der Waals surface area contributed by atoms with E-state index < -0.39 is 15.8 Å². The zero-order valence-electron chi connectivity index (χ0n) is 10.5. The van der Waals surface area contributed by atoms with Crippen LogP contribution < -0.4 is 5.73 Å². The molecule has 0 unspecified atom stereocenters. The predicted molar refractivity (Wildman–Crippen MR) is 69.1 cm³/mol. The van der Waals surface area contributed by atoms with Crippen molar-refractivity contribution in [3.05, 3.63) is 18.0 Å². The van der Waals surface area contributed by atoms with Crippen LogP contribution in [0.2, 0.25) is 0 Å². The number of sulfone groups is 1. The smallest absolute Gasteiger partial charge is 0.355 e. The average Bonchev–Trinajstić information content (AvgIpc) is 2.70. The second-order valence-corrected chi connectivity index (χ2v) is 6.29. The Balaban J connectivity index is 2.61. The average molecular weight is 274 g/mol. The van der Waals surface area contributed by atoms with Crippen LogP contribution in [0.25, 0.3) is 0 Å². The summed E-state index contributed by atoms with van der Waals surface area (Å²) in [6, 6.07) is 1.51. The van der Waals surface area contributed by atoms with E-state index in [1.807, 2.05) is 6.92 Å². The maximum absolute atomic E-state index is 11.7. The number of carbonyl (C=O) groups excluding carboxylic acids is 1. The van der Waals surface area contributed by atoms with E-state index in [0.29, 0.717) is 17.9 Å². The number of esters is 1. The molecular formula is C11H18N2O4S. The van der Waals surface area contributed by atoms with E-state index in [1.165, 1.54) is 6.07 Å². The number of anilines is 1. The Hall–Kier alpha value is -1.50. The predicted octanol–water partition coefficient (Wildman–Crippen LogP) is 0.682. The number of hydrogen-bond acceptors (Lipinski definition) is 5. The van der Waals surface area contributed by atoms with Gasteiger partial charge in [0.2, 0.25) is 0 Å². The highest BCUT2D eigenvalue weighted by atomic mass is 32.2. The van der Waals surface area contributed by atoms with Crippen LogP contribution in [0.5, 0.6) is 0 Å². The number of nitrogens with two attached hydrogens (primary N) is 1. The molecule has 0 amide bonds. The number of rotatable bonds is 6. The monoisotopic (exact) mass is 274 g/mol. The normalized spacial score (nSPS) is 11.4. The van der Waals surface area contributed by atoms with E-state index in [-0.39, 0.29) is 18.1 Å². The minimum Gasteiger partial charge on any atom is -0.460 e. The summed E-state index contributed by atoms with van der Waals surface area (Å²) in [6.45, 7) is 3.89. The Morgan fingerprint density at radius 1 is 1.44 bits per heavy atom. The van der Waals surface area contributed by atoms with Crippen molar-refractivity contribution in [2.75, 3.05) is 23.8 Å². The highest BCUT2D eigenvalue weighted by Gasteiger charge is 2.15. The van der Waals surface area contributed by atoms with Crippen molar-refractivity contribution in [3.8, 4) is 0 Å². The quantitative estimate of drug-likeness (QED) is 0.770. The fourth-order valence-electron chi connectivity index (χ4n) is 1.44. The molecule has 0 atom stereocenters. The van der Waals surface area contributed by atoms with Crippen molar-refractivity contribution < 1.29 is 17.9 Å². The Bertz CT molecular complexity index is 519. The number of ether oxygens (including phenoxy) is 1. The van der Waals surface area contributed by atoms with Gasteiger partial charge in [0.05, 0.1) is 11.4 Å². The van der Waals surface area contributed by atoms with Gasteiger partial charge in [-0.1, -0.05) is 6.92 Å². The lowest BCUT2D eigenvalue weighted by Crippen LogP contribution is -2.18. The van der Waals surface area contributed by atoms with Crippen molar-refractivity contribution in [2.45, 2.75) is 20.4 Å². The van der Waals surface area contributed by atoms with Gasteiger partial charge < -0.3 is 15.0 Å². The van der Waals surface area contributed by atoms with Gasteiger partial charge in [-0.3, -0.25) is 0 Å². The van der Waals surface area contributed by atoms with Gasteiger partial charge in [-0.2, -0.15) is 0 Å². The molecule has 102 valence electrons. The molecule has 1 rings (SSSR count). The van der Waals surface area contributed by atoms with Crippen molar-refractivity contribution in [1.82, 2.24) is 4.57 Å². The summed E-state index contributed by atoms with van der Waals surface area (Å²) >= 11 is 0. The summed E-state index contributed by atoms with van der Waals surface area (Å²) in [4.78, 5) is 11.7. The molecule has 7 heteroatoms. The third-order valence-electron chi connectivity index (χ3n) is 2.53. The first-order valence-corrected chi connectivity index (χ1v) is 7.55. The van der Waals surface area contributed by atoms with E-state index in [0.717, 1.165) is 0 Å². The molecule has 2 N–H and O–H groups in total. The first-order chi connectivity index (χ1) is 8.39. The highest BCUT2D eigenvalue weighted by molar-refractivity contribution is 7.91. The van der Waals surface area contributed by atoms with Crippen LogP contribution in [-0.4, -0.2) is 37.1 Å². The molecule has 0 radical (unpaired) electrons. The van der Waals surface area contributed by atoms with E-state index in [4.69, 9.17) is 10.5 Å². The SMILES string of the molecule is CCn1cc(N)cc1C(=O)OCCS(=O)(=O)CC. The fraction of sp³-hybridized carbons (Fsp3) is 0.545. The van der Waals surface area contributed by atoms with E-state index >= 15 is 0 Å². The summed E-state index contributed by atoms with van der Waals surface area (Å²) in [7, 11) is -3.12. The zero-order chi connectivity index (χ0) is 13.8. The van der Waals surface area contributed by atoms with Gasteiger partial charge >= 0.3 is 5.97 Å². The van der Waals surface area contributed by atoms with Crippen LogP contribution in [0.3, 0.4) is 0 Å². The molecule has 0 aliphatic carbocycles. The summed E-state index contributed by atoms with van der Waals surface area (Å²) in [5.41, 5.74) is 6.40. The third kappa shape index (κ3) is 3.76. The molecule has 1 heterocycles. The molecule has 1 aromatic heterocycles. The molecule has 18 heavy (non-hydrogen) atoms. The van der Waals surface area contributed by atoms with Gasteiger partial charge in [-0.15, -0.1) is 0 Å². The van der Waals surface area contributed by atoms with E-state index in [1.54, 1.807) is 17.7 Å². The Labute approximate surface area is 107 Å². The lowest BCUT2D eigenvalue weighted by molar-refractivity contribution is 0.0517. The molecule has 0 spiro atoms. The molecule has 0 aliphatic rings. The van der Waals surface area contributed by atoms with Crippen LogP contribution in [0.15, 0.2) is 12.3 Å². The van der Waals surface area contributed by atoms with Crippen LogP contribution in [0.1, 0.15) is 24.3 Å². The summed E-state index contributed by atoms with van der Waals surface area (Å²) in [5, 5.41) is 0. The summed E-state index contributed by atoms with van der Waals surface area (Å²) in [6.07, 6.45) is 1.64. The molecule has 6 nitrogen and oxygen atoms in total. The number of carbonyl (C=O) groups is 1. The minimum absolute atomic E-state index is 0.0445. The Morgan fingerprint density at radius 3 is 2.67 bits per heavy atom. The first kappa shape index (κ1) is 14.6. The molecular weight excluding hydrogens is 256 g/mol. The topological polar surface area (TPSA) is 91.4 Å². The van der Waals surface area contributed by atoms with Gasteiger partial charge in [0, 0.05) is 18.5 Å².